The number of fused-ring (bicyclic) bond motifs is 1. The minimum Gasteiger partial charge on any atom is -0.316 e. The minimum atomic E-state index is -0.381. The summed E-state index contributed by atoms with van der Waals surface area (Å²) in [5, 5.41) is 0.652. The summed E-state index contributed by atoms with van der Waals surface area (Å²) in [4.78, 5) is 42.5. The molecule has 0 saturated carbocycles. The van der Waals surface area contributed by atoms with Crippen LogP contribution >= 0.6 is 22.9 Å². The molecule has 2 heterocycles. The molecule has 29 heavy (non-hydrogen) atoms. The third kappa shape index (κ3) is 3.52. The van der Waals surface area contributed by atoms with Gasteiger partial charge >= 0.3 is 0 Å². The van der Waals surface area contributed by atoms with Crippen LogP contribution in [0.4, 0.5) is 5.69 Å². The number of halogens is 1. The van der Waals surface area contributed by atoms with Gasteiger partial charge in [0, 0.05) is 30.0 Å². The van der Waals surface area contributed by atoms with Crippen molar-refractivity contribution in [1.82, 2.24) is 4.57 Å². The van der Waals surface area contributed by atoms with Gasteiger partial charge in [-0.25, -0.2) is 0 Å². The van der Waals surface area contributed by atoms with Gasteiger partial charge in [0.1, 0.15) is 0 Å². The van der Waals surface area contributed by atoms with E-state index in [4.69, 9.17) is 11.6 Å². The van der Waals surface area contributed by atoms with Gasteiger partial charge in [0.05, 0.1) is 15.9 Å². The van der Waals surface area contributed by atoms with Crippen molar-refractivity contribution in [2.24, 2.45) is 4.99 Å². The first-order chi connectivity index (χ1) is 13.9. The summed E-state index contributed by atoms with van der Waals surface area (Å²) < 4.78 is 2.98. The maximum absolute atomic E-state index is 12.7. The highest BCUT2D eigenvalue weighted by molar-refractivity contribution is 7.16. The zero-order chi connectivity index (χ0) is 20.7. The third-order valence-electron chi connectivity index (χ3n) is 4.87. The number of thiazole rings is 1. The Morgan fingerprint density at radius 3 is 2.41 bits per heavy atom. The lowest BCUT2D eigenvalue weighted by Gasteiger charge is -2.13. The van der Waals surface area contributed by atoms with Crippen LogP contribution in [0.1, 0.15) is 35.7 Å². The molecule has 8 heteroatoms. The van der Waals surface area contributed by atoms with Crippen LogP contribution in [0.15, 0.2) is 41.4 Å². The van der Waals surface area contributed by atoms with Gasteiger partial charge in [-0.1, -0.05) is 22.9 Å². The fraction of sp³-hybridized carbons (Fsp3) is 0.238. The van der Waals surface area contributed by atoms with Crippen molar-refractivity contribution < 1.29 is 14.4 Å². The molecule has 2 aromatic carbocycles. The van der Waals surface area contributed by atoms with Gasteiger partial charge in [-0.15, -0.1) is 0 Å². The lowest BCUT2D eigenvalue weighted by atomic mass is 10.2. The first kappa shape index (κ1) is 19.5. The van der Waals surface area contributed by atoms with E-state index in [9.17, 15) is 14.4 Å². The molecule has 3 amide bonds. The molecule has 0 spiro atoms. The molecule has 3 aromatic rings. The smallest absolute Gasteiger partial charge is 0.279 e. The number of rotatable bonds is 3. The van der Waals surface area contributed by atoms with E-state index in [1.165, 1.54) is 11.3 Å². The second-order valence-electron chi connectivity index (χ2n) is 6.79. The van der Waals surface area contributed by atoms with Crippen molar-refractivity contribution in [3.8, 4) is 0 Å². The standard InChI is InChI=1S/C21H18ClN3O3S/c1-3-24-19-12(2)10-14(22)11-16(19)29-21(24)23-20(28)13-4-6-15(7-5-13)25-17(26)8-9-18(25)27/h4-7,10-11H,3,8-9H2,1-2H3. The predicted octanol–water partition coefficient (Wildman–Crippen LogP) is 4.08. The molecule has 0 radical (unpaired) electrons. The summed E-state index contributed by atoms with van der Waals surface area (Å²) in [5.74, 6) is -0.822. The van der Waals surface area contributed by atoms with Crippen LogP contribution in [-0.2, 0) is 16.1 Å². The van der Waals surface area contributed by atoms with Crippen molar-refractivity contribution in [3.63, 3.8) is 0 Å². The Bertz CT molecular complexity index is 1210. The van der Waals surface area contributed by atoms with E-state index in [0.717, 1.165) is 20.7 Å². The molecule has 0 unspecified atom stereocenters. The summed E-state index contributed by atoms with van der Waals surface area (Å²) in [6.07, 6.45) is 0.447. The number of amides is 3. The number of anilines is 1. The van der Waals surface area contributed by atoms with Crippen molar-refractivity contribution in [1.29, 1.82) is 0 Å². The summed E-state index contributed by atoms with van der Waals surface area (Å²) in [6.45, 7) is 4.66. The van der Waals surface area contributed by atoms with Crippen LogP contribution in [0.2, 0.25) is 5.02 Å². The van der Waals surface area contributed by atoms with Crippen molar-refractivity contribution in [2.75, 3.05) is 4.90 Å². The van der Waals surface area contributed by atoms with E-state index < -0.39 is 0 Å². The van der Waals surface area contributed by atoms with Gasteiger partial charge in [0.2, 0.25) is 11.8 Å². The maximum atomic E-state index is 12.7. The Hall–Kier alpha value is -2.77. The molecule has 0 bridgehead atoms. The van der Waals surface area contributed by atoms with Crippen molar-refractivity contribution >= 4 is 56.6 Å². The van der Waals surface area contributed by atoms with E-state index in [1.807, 2.05) is 30.5 Å². The number of hydrogen-bond donors (Lipinski definition) is 0. The van der Waals surface area contributed by atoms with Gasteiger partial charge in [-0.2, -0.15) is 4.99 Å². The number of hydrogen-bond acceptors (Lipinski definition) is 4. The normalized spacial score (nSPS) is 15.0. The van der Waals surface area contributed by atoms with E-state index >= 15 is 0 Å². The van der Waals surface area contributed by atoms with Crippen LogP contribution in [0.5, 0.6) is 0 Å². The quantitative estimate of drug-likeness (QED) is 0.591. The first-order valence-corrected chi connectivity index (χ1v) is 10.4. The number of benzene rings is 2. The lowest BCUT2D eigenvalue weighted by Crippen LogP contribution is -2.28. The monoisotopic (exact) mass is 427 g/mol. The number of nitrogens with zero attached hydrogens (tertiary/aromatic N) is 3. The highest BCUT2D eigenvalue weighted by Crippen LogP contribution is 2.26. The summed E-state index contributed by atoms with van der Waals surface area (Å²) in [6, 6.07) is 10.2. The molecule has 1 aliphatic heterocycles. The number of carbonyl (C=O) groups is 3. The van der Waals surface area contributed by atoms with Gasteiger partial charge in [0.25, 0.3) is 5.91 Å². The molecular weight excluding hydrogens is 410 g/mol. The molecular formula is C21H18ClN3O3S. The summed E-state index contributed by atoms with van der Waals surface area (Å²) in [7, 11) is 0. The van der Waals surface area contributed by atoms with E-state index in [2.05, 4.69) is 4.99 Å². The number of imide groups is 1. The molecule has 148 valence electrons. The largest absolute Gasteiger partial charge is 0.316 e. The zero-order valence-corrected chi connectivity index (χ0v) is 17.5. The predicted molar refractivity (Wildman–Crippen MR) is 113 cm³/mol. The zero-order valence-electron chi connectivity index (χ0n) is 15.9. The molecule has 0 N–H and O–H groups in total. The third-order valence-corrected chi connectivity index (χ3v) is 6.11. The van der Waals surface area contributed by atoms with Gasteiger partial charge in [0.15, 0.2) is 4.80 Å². The van der Waals surface area contributed by atoms with E-state index in [1.54, 1.807) is 24.3 Å². The van der Waals surface area contributed by atoms with Crippen LogP contribution in [-0.4, -0.2) is 22.3 Å². The molecule has 0 atom stereocenters. The van der Waals surface area contributed by atoms with Crippen LogP contribution < -0.4 is 9.70 Å². The maximum Gasteiger partial charge on any atom is 0.279 e. The van der Waals surface area contributed by atoms with Crippen molar-refractivity contribution in [2.45, 2.75) is 33.2 Å². The molecule has 0 aliphatic carbocycles. The molecule has 4 rings (SSSR count). The Labute approximate surface area is 176 Å². The van der Waals surface area contributed by atoms with Crippen molar-refractivity contribution in [3.05, 3.63) is 57.3 Å². The molecule has 1 saturated heterocycles. The second kappa shape index (κ2) is 7.57. The molecule has 1 aliphatic rings. The Morgan fingerprint density at radius 1 is 1.14 bits per heavy atom. The molecule has 1 aromatic heterocycles. The second-order valence-corrected chi connectivity index (χ2v) is 8.23. The molecule has 6 nitrogen and oxygen atoms in total. The van der Waals surface area contributed by atoms with E-state index in [0.29, 0.717) is 27.6 Å². The number of aryl methyl sites for hydroxylation is 2. The van der Waals surface area contributed by atoms with Crippen LogP contribution in [0.3, 0.4) is 0 Å². The average molecular weight is 428 g/mol. The Kier molecular flexibility index (Phi) is 5.10. The average Bonchev–Trinajstić information content (AvgIpc) is 3.20. The fourth-order valence-electron chi connectivity index (χ4n) is 3.52. The minimum absolute atomic E-state index is 0.220. The fourth-order valence-corrected chi connectivity index (χ4v) is 5.07. The summed E-state index contributed by atoms with van der Waals surface area (Å²) >= 11 is 7.58. The topological polar surface area (TPSA) is 71.7 Å². The molecule has 1 fully saturated rings. The number of carbonyl (C=O) groups excluding carboxylic acids is 3. The van der Waals surface area contributed by atoms with Gasteiger partial charge in [-0.3, -0.25) is 19.3 Å². The lowest BCUT2D eigenvalue weighted by molar-refractivity contribution is -0.121. The highest BCUT2D eigenvalue weighted by Gasteiger charge is 2.30. The first-order valence-electron chi connectivity index (χ1n) is 9.23. The van der Waals surface area contributed by atoms with E-state index in [-0.39, 0.29) is 30.6 Å². The Morgan fingerprint density at radius 2 is 1.79 bits per heavy atom. The van der Waals surface area contributed by atoms with Gasteiger partial charge in [-0.05, 0) is 55.8 Å². The SMILES string of the molecule is CCn1c(=NC(=O)c2ccc(N3C(=O)CCC3=O)cc2)sc2cc(Cl)cc(C)c21. The highest BCUT2D eigenvalue weighted by atomic mass is 35.5. The van der Waals surface area contributed by atoms with Crippen LogP contribution in [0.25, 0.3) is 10.2 Å². The van der Waals surface area contributed by atoms with Gasteiger partial charge < -0.3 is 4.57 Å². The van der Waals surface area contributed by atoms with Crippen LogP contribution in [0, 0.1) is 6.92 Å². The Balaban J connectivity index is 1.70. The summed E-state index contributed by atoms with van der Waals surface area (Å²) in [5.41, 5.74) is 2.92. The number of aromatic nitrogens is 1.